The third-order valence-corrected chi connectivity index (χ3v) is 4.99. The molecule has 1 N–H and O–H groups in total. The van der Waals surface area contributed by atoms with Gasteiger partial charge in [-0.25, -0.2) is 4.39 Å². The molecule has 2 aromatic rings. The van der Waals surface area contributed by atoms with Gasteiger partial charge < -0.3 is 5.32 Å². The summed E-state index contributed by atoms with van der Waals surface area (Å²) in [6, 6.07) is 10.1. The van der Waals surface area contributed by atoms with Gasteiger partial charge in [0.25, 0.3) is 5.91 Å². The highest BCUT2D eigenvalue weighted by Crippen LogP contribution is 2.27. The summed E-state index contributed by atoms with van der Waals surface area (Å²) >= 11 is 1.72. The third-order valence-electron chi connectivity index (χ3n) is 4.02. The third kappa shape index (κ3) is 3.54. The van der Waals surface area contributed by atoms with Crippen molar-refractivity contribution in [3.63, 3.8) is 0 Å². The van der Waals surface area contributed by atoms with Crippen LogP contribution < -0.4 is 5.32 Å². The summed E-state index contributed by atoms with van der Waals surface area (Å²) in [5.41, 5.74) is 0.493. The predicted octanol–water partition coefficient (Wildman–Crippen LogP) is 3.45. The number of hydrogen-bond acceptors (Lipinski definition) is 3. The van der Waals surface area contributed by atoms with Gasteiger partial charge in [-0.15, -0.1) is 11.3 Å². The highest BCUT2D eigenvalue weighted by atomic mass is 32.1. The van der Waals surface area contributed by atoms with Crippen molar-refractivity contribution in [2.45, 2.75) is 18.9 Å². The Balaban J connectivity index is 1.66. The fourth-order valence-corrected chi connectivity index (χ4v) is 3.70. The Bertz CT molecular complexity index is 606. The first-order valence-corrected chi connectivity index (χ1v) is 8.43. The molecule has 1 aromatic heterocycles. The maximum atomic E-state index is 12.9. The van der Waals surface area contributed by atoms with Crippen LogP contribution in [0.4, 0.5) is 4.39 Å². The van der Waals surface area contributed by atoms with Gasteiger partial charge in [0.15, 0.2) is 0 Å². The van der Waals surface area contributed by atoms with Gasteiger partial charge in [-0.05, 0) is 61.6 Å². The molecular formula is C17H19FN2OS. The van der Waals surface area contributed by atoms with Gasteiger partial charge in [-0.2, -0.15) is 0 Å². The monoisotopic (exact) mass is 318 g/mol. The quantitative estimate of drug-likeness (QED) is 0.916. The predicted molar refractivity (Wildman–Crippen MR) is 86.6 cm³/mol. The highest BCUT2D eigenvalue weighted by Gasteiger charge is 2.24. The standard InChI is InChI=1S/C17H19FN2OS/c18-14-7-5-13(6-8-14)17(21)19-12-15(16-4-3-11-22-16)20-9-1-2-10-20/h3-8,11,15H,1-2,9-10,12H2,(H,19,21)/t15-/m0/s1. The lowest BCUT2D eigenvalue weighted by molar-refractivity contribution is 0.0938. The van der Waals surface area contributed by atoms with E-state index in [0.29, 0.717) is 12.1 Å². The second kappa shape index (κ2) is 7.03. The average Bonchev–Trinajstić information content (AvgIpc) is 3.22. The Labute approximate surface area is 133 Å². The number of amides is 1. The number of nitrogens with zero attached hydrogens (tertiary/aromatic N) is 1. The molecule has 0 unspecified atom stereocenters. The van der Waals surface area contributed by atoms with Gasteiger partial charge in [0.2, 0.25) is 0 Å². The molecule has 1 aliphatic heterocycles. The summed E-state index contributed by atoms with van der Waals surface area (Å²) in [5.74, 6) is -0.481. The van der Waals surface area contributed by atoms with Crippen LogP contribution in [0.2, 0.25) is 0 Å². The van der Waals surface area contributed by atoms with Crippen molar-refractivity contribution in [1.29, 1.82) is 0 Å². The van der Waals surface area contributed by atoms with E-state index in [2.05, 4.69) is 21.7 Å². The van der Waals surface area contributed by atoms with Crippen molar-refractivity contribution in [3.8, 4) is 0 Å². The smallest absolute Gasteiger partial charge is 0.251 e. The maximum Gasteiger partial charge on any atom is 0.251 e. The molecule has 0 aliphatic carbocycles. The van der Waals surface area contributed by atoms with Crippen LogP contribution in [0.15, 0.2) is 41.8 Å². The van der Waals surface area contributed by atoms with E-state index in [4.69, 9.17) is 0 Å². The lowest BCUT2D eigenvalue weighted by Gasteiger charge is -2.26. The van der Waals surface area contributed by atoms with Gasteiger partial charge in [0.05, 0.1) is 6.04 Å². The minimum Gasteiger partial charge on any atom is -0.350 e. The molecule has 0 bridgehead atoms. The minimum atomic E-state index is -0.329. The van der Waals surface area contributed by atoms with Crippen LogP contribution in [0, 0.1) is 5.82 Å². The number of nitrogens with one attached hydrogen (secondary N) is 1. The molecule has 116 valence electrons. The molecule has 5 heteroatoms. The summed E-state index contributed by atoms with van der Waals surface area (Å²) in [7, 11) is 0. The Morgan fingerprint density at radius 2 is 1.95 bits per heavy atom. The van der Waals surface area contributed by atoms with E-state index in [1.807, 2.05) is 6.07 Å². The minimum absolute atomic E-state index is 0.152. The largest absolute Gasteiger partial charge is 0.350 e. The van der Waals surface area contributed by atoms with Crippen molar-refractivity contribution in [1.82, 2.24) is 10.2 Å². The lowest BCUT2D eigenvalue weighted by atomic mass is 10.1. The first kappa shape index (κ1) is 15.2. The van der Waals surface area contributed by atoms with Gasteiger partial charge in [0.1, 0.15) is 5.82 Å². The van der Waals surface area contributed by atoms with Crippen LogP contribution in [0.25, 0.3) is 0 Å². The van der Waals surface area contributed by atoms with Crippen LogP contribution in [0.5, 0.6) is 0 Å². The fourth-order valence-electron chi connectivity index (χ4n) is 2.84. The fraction of sp³-hybridized carbons (Fsp3) is 0.353. The van der Waals surface area contributed by atoms with Crippen LogP contribution in [0.3, 0.4) is 0 Å². The molecule has 1 saturated heterocycles. The van der Waals surface area contributed by atoms with Gasteiger partial charge in [-0.3, -0.25) is 9.69 Å². The number of carbonyl (C=O) groups excluding carboxylic acids is 1. The van der Waals surface area contributed by atoms with E-state index < -0.39 is 0 Å². The van der Waals surface area contributed by atoms with Gasteiger partial charge in [-0.1, -0.05) is 6.07 Å². The van der Waals surface area contributed by atoms with E-state index in [1.54, 1.807) is 11.3 Å². The zero-order valence-corrected chi connectivity index (χ0v) is 13.1. The molecule has 0 radical (unpaired) electrons. The molecule has 1 aliphatic rings. The van der Waals surface area contributed by atoms with Gasteiger partial charge in [0, 0.05) is 17.0 Å². The van der Waals surface area contributed by atoms with E-state index in [9.17, 15) is 9.18 Å². The average molecular weight is 318 g/mol. The van der Waals surface area contributed by atoms with Crippen LogP contribution in [0.1, 0.15) is 34.1 Å². The summed E-state index contributed by atoms with van der Waals surface area (Å²) in [4.78, 5) is 15.9. The molecule has 22 heavy (non-hydrogen) atoms. The Hall–Kier alpha value is -1.72. The van der Waals surface area contributed by atoms with Crippen LogP contribution in [-0.2, 0) is 0 Å². The summed E-state index contributed by atoms with van der Waals surface area (Å²) in [6.07, 6.45) is 2.43. The van der Waals surface area contributed by atoms with Gasteiger partial charge >= 0.3 is 0 Å². The second-order valence-electron chi connectivity index (χ2n) is 5.49. The van der Waals surface area contributed by atoms with E-state index in [1.165, 1.54) is 42.0 Å². The van der Waals surface area contributed by atoms with E-state index >= 15 is 0 Å². The Kier molecular flexibility index (Phi) is 4.85. The van der Waals surface area contributed by atoms with Crippen molar-refractivity contribution >= 4 is 17.2 Å². The number of likely N-dealkylation sites (tertiary alicyclic amines) is 1. The molecule has 2 heterocycles. The topological polar surface area (TPSA) is 32.3 Å². The summed E-state index contributed by atoms with van der Waals surface area (Å²) in [5, 5.41) is 5.06. The normalized spacial score (nSPS) is 16.6. The highest BCUT2D eigenvalue weighted by molar-refractivity contribution is 7.10. The molecule has 0 spiro atoms. The molecule has 1 atom stereocenters. The molecule has 0 saturated carbocycles. The van der Waals surface area contributed by atoms with Crippen molar-refractivity contribution in [2.75, 3.05) is 19.6 Å². The molecule has 3 rings (SSSR count). The molecule has 1 amide bonds. The number of benzene rings is 1. The summed E-state index contributed by atoms with van der Waals surface area (Å²) in [6.45, 7) is 2.74. The number of thiophene rings is 1. The second-order valence-corrected chi connectivity index (χ2v) is 6.47. The Morgan fingerprint density at radius 3 is 2.59 bits per heavy atom. The van der Waals surface area contributed by atoms with E-state index in [0.717, 1.165) is 13.1 Å². The number of carbonyl (C=O) groups is 1. The number of rotatable bonds is 5. The molecule has 1 aromatic carbocycles. The number of halogens is 1. The SMILES string of the molecule is O=C(NC[C@@H](c1cccs1)N1CCCC1)c1ccc(F)cc1. The number of hydrogen-bond donors (Lipinski definition) is 1. The maximum absolute atomic E-state index is 12.9. The molecule has 1 fully saturated rings. The zero-order valence-electron chi connectivity index (χ0n) is 12.3. The molecule has 3 nitrogen and oxygen atoms in total. The van der Waals surface area contributed by atoms with E-state index in [-0.39, 0.29) is 17.8 Å². The zero-order chi connectivity index (χ0) is 15.4. The van der Waals surface area contributed by atoms with Crippen LogP contribution >= 0.6 is 11.3 Å². The van der Waals surface area contributed by atoms with Crippen molar-refractivity contribution in [2.24, 2.45) is 0 Å². The lowest BCUT2D eigenvalue weighted by Crippen LogP contribution is -2.36. The summed E-state index contributed by atoms with van der Waals surface area (Å²) < 4.78 is 12.9. The van der Waals surface area contributed by atoms with Crippen LogP contribution in [-0.4, -0.2) is 30.4 Å². The first-order valence-electron chi connectivity index (χ1n) is 7.55. The first-order chi connectivity index (χ1) is 10.7. The Morgan fingerprint density at radius 1 is 1.23 bits per heavy atom. The van der Waals surface area contributed by atoms with Crippen molar-refractivity contribution in [3.05, 3.63) is 58.0 Å². The van der Waals surface area contributed by atoms with Crippen molar-refractivity contribution < 1.29 is 9.18 Å². The molecular weight excluding hydrogens is 299 g/mol.